The van der Waals surface area contributed by atoms with Gasteiger partial charge in [-0.2, -0.15) is 0 Å². The Morgan fingerprint density at radius 3 is 2.25 bits per heavy atom. The van der Waals surface area contributed by atoms with Crippen LogP contribution in [0.15, 0.2) is 75.1 Å². The monoisotopic (exact) mass is 493 g/mol. The maximum Gasteiger partial charge on any atom is 0.290 e. The molecule has 0 aliphatic carbocycles. The Morgan fingerprint density at radius 1 is 0.969 bits per heavy atom. The summed E-state index contributed by atoms with van der Waals surface area (Å²) in [6, 6.07) is 15.6. The van der Waals surface area contributed by atoms with Crippen molar-refractivity contribution in [2.24, 2.45) is 0 Å². The van der Waals surface area contributed by atoms with Crippen LogP contribution in [0.2, 0.25) is 10.0 Å². The van der Waals surface area contributed by atoms with Crippen molar-refractivity contribution in [3.8, 4) is 0 Å². The number of hydrogen-bond donors (Lipinski definition) is 0. The fraction of sp³-hybridized carbons (Fsp3) is 0.261. The molecule has 1 aromatic heterocycles. The van der Waals surface area contributed by atoms with Crippen molar-refractivity contribution >= 4 is 38.9 Å². The summed E-state index contributed by atoms with van der Waals surface area (Å²) in [6.07, 6.45) is 1.73. The molecule has 1 fully saturated rings. The smallest absolute Gasteiger partial charge is 0.290 e. The molecule has 2 aromatic carbocycles. The lowest BCUT2D eigenvalue weighted by Gasteiger charge is -2.25. The topological polar surface area (TPSA) is 76.8 Å². The third-order valence-corrected chi connectivity index (χ3v) is 7.35. The van der Waals surface area contributed by atoms with Crippen molar-refractivity contribution in [1.82, 2.24) is 4.90 Å². The highest BCUT2D eigenvalue weighted by Crippen LogP contribution is 2.26. The summed E-state index contributed by atoms with van der Waals surface area (Å²) < 4.78 is 36.9. The van der Waals surface area contributed by atoms with E-state index in [9.17, 15) is 13.2 Å². The lowest BCUT2D eigenvalue weighted by molar-refractivity contribution is 0.0480. The van der Waals surface area contributed by atoms with Crippen LogP contribution in [0, 0.1) is 0 Å². The van der Waals surface area contributed by atoms with E-state index in [1.54, 1.807) is 17.0 Å². The van der Waals surface area contributed by atoms with Crippen LogP contribution >= 0.6 is 23.2 Å². The van der Waals surface area contributed by atoms with Gasteiger partial charge in [-0.3, -0.25) is 4.79 Å². The lowest BCUT2D eigenvalue weighted by Crippen LogP contribution is -2.36. The molecule has 2 heterocycles. The van der Waals surface area contributed by atoms with Crippen LogP contribution in [0.5, 0.6) is 0 Å². The minimum Gasteiger partial charge on any atom is -0.439 e. The Labute approximate surface area is 196 Å². The van der Waals surface area contributed by atoms with E-state index in [2.05, 4.69) is 0 Å². The molecule has 1 unspecified atom stereocenters. The molecule has 1 aliphatic heterocycles. The first kappa shape index (κ1) is 22.9. The Bertz CT molecular complexity index is 1180. The van der Waals surface area contributed by atoms with E-state index in [0.717, 1.165) is 18.4 Å². The lowest BCUT2D eigenvalue weighted by atomic mass is 10.1. The Balaban J connectivity index is 1.58. The summed E-state index contributed by atoms with van der Waals surface area (Å²) in [7, 11) is -3.92. The van der Waals surface area contributed by atoms with Crippen LogP contribution in [0.1, 0.15) is 29.0 Å². The molecule has 0 spiro atoms. The van der Waals surface area contributed by atoms with Crippen LogP contribution in [0.3, 0.4) is 0 Å². The van der Waals surface area contributed by atoms with Gasteiger partial charge in [-0.15, -0.1) is 0 Å². The van der Waals surface area contributed by atoms with Gasteiger partial charge in [0.2, 0.25) is 14.9 Å². The molecule has 1 aliphatic rings. The van der Waals surface area contributed by atoms with Gasteiger partial charge in [0.1, 0.15) is 0 Å². The number of sulfone groups is 1. The van der Waals surface area contributed by atoms with Crippen molar-refractivity contribution in [3.63, 3.8) is 0 Å². The molecule has 9 heteroatoms. The minimum atomic E-state index is -3.92. The molecular weight excluding hydrogens is 473 g/mol. The summed E-state index contributed by atoms with van der Waals surface area (Å²) in [5, 5.41) is 0.729. The van der Waals surface area contributed by atoms with Crippen LogP contribution in [0.25, 0.3) is 0 Å². The van der Waals surface area contributed by atoms with Gasteiger partial charge < -0.3 is 14.1 Å². The molecule has 4 rings (SSSR count). The second-order valence-electron chi connectivity index (χ2n) is 7.52. The average Bonchev–Trinajstić information content (AvgIpc) is 3.47. The highest BCUT2D eigenvalue weighted by Gasteiger charge is 2.28. The van der Waals surface area contributed by atoms with Crippen LogP contribution in [-0.4, -0.2) is 38.5 Å². The predicted molar refractivity (Wildman–Crippen MR) is 121 cm³/mol. The van der Waals surface area contributed by atoms with E-state index in [1.807, 2.05) is 12.1 Å². The number of furan rings is 1. The number of rotatable bonds is 7. The van der Waals surface area contributed by atoms with Gasteiger partial charge in [-0.1, -0.05) is 35.3 Å². The number of amides is 1. The Morgan fingerprint density at radius 2 is 1.62 bits per heavy atom. The van der Waals surface area contributed by atoms with Crippen molar-refractivity contribution < 1.29 is 22.4 Å². The van der Waals surface area contributed by atoms with E-state index >= 15 is 0 Å². The number of benzene rings is 2. The van der Waals surface area contributed by atoms with Gasteiger partial charge in [0.05, 0.1) is 11.0 Å². The SMILES string of the molecule is O=C(c1ccc(S(=O)(=O)c2ccc(Cl)cc2)o1)N(Cc1ccc(Cl)cc1)CC1CCCO1. The molecule has 0 bridgehead atoms. The van der Waals surface area contributed by atoms with Crippen molar-refractivity contribution in [2.75, 3.05) is 13.2 Å². The van der Waals surface area contributed by atoms with Crippen molar-refractivity contribution in [3.05, 3.63) is 82.0 Å². The zero-order valence-corrected chi connectivity index (χ0v) is 19.4. The zero-order chi connectivity index (χ0) is 22.7. The summed E-state index contributed by atoms with van der Waals surface area (Å²) in [4.78, 5) is 14.9. The maximum atomic E-state index is 13.3. The third kappa shape index (κ3) is 5.18. The molecule has 6 nitrogen and oxygen atoms in total. The molecule has 32 heavy (non-hydrogen) atoms. The van der Waals surface area contributed by atoms with Gasteiger partial charge in [-0.05, 0) is 66.9 Å². The van der Waals surface area contributed by atoms with Gasteiger partial charge in [0.15, 0.2) is 5.76 Å². The van der Waals surface area contributed by atoms with E-state index in [4.69, 9.17) is 32.4 Å². The fourth-order valence-electron chi connectivity index (χ4n) is 3.53. The van der Waals surface area contributed by atoms with Crippen LogP contribution in [-0.2, 0) is 21.1 Å². The summed E-state index contributed by atoms with van der Waals surface area (Å²) in [5.41, 5.74) is 0.890. The first-order chi connectivity index (χ1) is 15.3. The average molecular weight is 494 g/mol. The number of ether oxygens (including phenoxy) is 1. The van der Waals surface area contributed by atoms with Crippen LogP contribution < -0.4 is 0 Å². The Kier molecular flexibility index (Phi) is 6.90. The highest BCUT2D eigenvalue weighted by molar-refractivity contribution is 7.91. The minimum absolute atomic E-state index is 0.0348. The maximum absolute atomic E-state index is 13.3. The van der Waals surface area contributed by atoms with E-state index in [1.165, 1.54) is 36.4 Å². The molecule has 1 saturated heterocycles. The fourth-order valence-corrected chi connectivity index (χ4v) is 4.95. The first-order valence-corrected chi connectivity index (χ1v) is 12.3. The number of carbonyl (C=O) groups is 1. The van der Waals surface area contributed by atoms with Gasteiger partial charge >= 0.3 is 0 Å². The molecule has 0 saturated carbocycles. The van der Waals surface area contributed by atoms with E-state index in [-0.39, 0.29) is 21.9 Å². The van der Waals surface area contributed by atoms with Crippen molar-refractivity contribution in [1.29, 1.82) is 0 Å². The highest BCUT2D eigenvalue weighted by atomic mass is 35.5. The molecular formula is C23H21Cl2NO5S. The largest absolute Gasteiger partial charge is 0.439 e. The molecule has 3 aromatic rings. The molecule has 1 amide bonds. The molecule has 0 N–H and O–H groups in total. The van der Waals surface area contributed by atoms with E-state index in [0.29, 0.717) is 29.7 Å². The third-order valence-electron chi connectivity index (χ3n) is 5.20. The standard InChI is InChI=1S/C23H21Cl2NO5S/c24-17-5-3-16(4-6-17)14-26(15-19-2-1-13-30-19)23(27)21-11-12-22(31-21)32(28,29)20-9-7-18(25)8-10-20/h3-12,19H,1-2,13-15H2. The zero-order valence-electron chi connectivity index (χ0n) is 17.0. The number of nitrogens with zero attached hydrogens (tertiary/aromatic N) is 1. The van der Waals surface area contributed by atoms with Gasteiger partial charge in [0.25, 0.3) is 5.91 Å². The second kappa shape index (κ2) is 9.67. The summed E-state index contributed by atoms with van der Waals surface area (Å²) in [5.74, 6) is -0.461. The normalized spacial score (nSPS) is 16.2. The quantitative estimate of drug-likeness (QED) is 0.449. The van der Waals surface area contributed by atoms with Gasteiger partial charge in [-0.25, -0.2) is 8.42 Å². The number of hydrogen-bond acceptors (Lipinski definition) is 5. The summed E-state index contributed by atoms with van der Waals surface area (Å²) in [6.45, 7) is 1.36. The van der Waals surface area contributed by atoms with Gasteiger partial charge in [0, 0.05) is 29.7 Å². The van der Waals surface area contributed by atoms with Crippen LogP contribution in [0.4, 0.5) is 0 Å². The van der Waals surface area contributed by atoms with Crippen molar-refractivity contribution in [2.45, 2.75) is 35.5 Å². The second-order valence-corrected chi connectivity index (χ2v) is 10.3. The van der Waals surface area contributed by atoms with E-state index < -0.39 is 15.7 Å². The predicted octanol–water partition coefficient (Wildman–Crippen LogP) is 5.24. The molecule has 1 atom stereocenters. The first-order valence-electron chi connectivity index (χ1n) is 10.1. The molecule has 0 radical (unpaired) electrons. The Hall–Kier alpha value is -2.32. The summed E-state index contributed by atoms with van der Waals surface area (Å²) >= 11 is 11.8. The molecule has 168 valence electrons. The number of halogens is 2. The number of carbonyl (C=O) groups excluding carboxylic acids is 1.